The van der Waals surface area contributed by atoms with Crippen LogP contribution in [0.4, 0.5) is 0 Å². The van der Waals surface area contributed by atoms with Crippen molar-refractivity contribution in [3.63, 3.8) is 0 Å². The van der Waals surface area contributed by atoms with E-state index in [1.54, 1.807) is 0 Å². The van der Waals surface area contributed by atoms with Crippen LogP contribution in [0.5, 0.6) is 0 Å². The summed E-state index contributed by atoms with van der Waals surface area (Å²) in [6, 6.07) is 6.03. The van der Waals surface area contributed by atoms with Crippen LogP contribution in [0.25, 0.3) is 0 Å². The Kier molecular flexibility index (Phi) is 4.23. The molecular formula is C15H25N3O. The fourth-order valence-electron chi connectivity index (χ4n) is 3.01. The van der Waals surface area contributed by atoms with Gasteiger partial charge in [0.15, 0.2) is 0 Å². The average molecular weight is 263 g/mol. The Morgan fingerprint density at radius 1 is 1.42 bits per heavy atom. The molecule has 0 spiro atoms. The van der Waals surface area contributed by atoms with Gasteiger partial charge in [0, 0.05) is 31.4 Å². The largest absolute Gasteiger partial charge is 0.375 e. The third-order valence-electron chi connectivity index (χ3n) is 4.13. The van der Waals surface area contributed by atoms with Crippen molar-refractivity contribution in [2.24, 2.45) is 5.73 Å². The minimum Gasteiger partial charge on any atom is -0.375 e. The Balaban J connectivity index is 2.12. The summed E-state index contributed by atoms with van der Waals surface area (Å²) in [5.41, 5.74) is 7.09. The summed E-state index contributed by atoms with van der Waals surface area (Å²) in [5, 5.41) is 0. The molecule has 106 valence electrons. The Morgan fingerprint density at radius 2 is 2.21 bits per heavy atom. The normalized spacial score (nSPS) is 26.6. The molecule has 1 aromatic heterocycles. The number of rotatable bonds is 4. The third-order valence-corrected chi connectivity index (χ3v) is 4.13. The average Bonchev–Trinajstić information content (AvgIpc) is 2.38. The van der Waals surface area contributed by atoms with Crippen molar-refractivity contribution in [3.8, 4) is 0 Å². The predicted molar refractivity (Wildman–Crippen MR) is 76.8 cm³/mol. The molecule has 0 radical (unpaired) electrons. The van der Waals surface area contributed by atoms with E-state index in [0.717, 1.165) is 31.7 Å². The molecule has 2 rings (SSSR count). The van der Waals surface area contributed by atoms with Gasteiger partial charge in [0.2, 0.25) is 0 Å². The maximum absolute atomic E-state index is 6.10. The Hall–Kier alpha value is -0.970. The van der Waals surface area contributed by atoms with Crippen LogP contribution < -0.4 is 5.73 Å². The van der Waals surface area contributed by atoms with Gasteiger partial charge >= 0.3 is 0 Å². The summed E-state index contributed by atoms with van der Waals surface area (Å²) in [6.45, 7) is 6.55. The Bertz CT molecular complexity index is 407. The SMILES string of the molecule is CN(Cc1ccccn1)C1(CN)CCOC(C)(C)C1. The molecule has 2 heterocycles. The van der Waals surface area contributed by atoms with Gasteiger partial charge in [-0.15, -0.1) is 0 Å². The smallest absolute Gasteiger partial charge is 0.0644 e. The van der Waals surface area contributed by atoms with Gasteiger partial charge in [-0.3, -0.25) is 9.88 Å². The molecule has 4 nitrogen and oxygen atoms in total. The number of pyridine rings is 1. The molecule has 0 saturated carbocycles. The fourth-order valence-corrected chi connectivity index (χ4v) is 3.01. The number of hydrogen-bond donors (Lipinski definition) is 1. The minimum atomic E-state index is -0.101. The molecule has 2 N–H and O–H groups in total. The zero-order valence-electron chi connectivity index (χ0n) is 12.2. The van der Waals surface area contributed by atoms with E-state index in [9.17, 15) is 0 Å². The van der Waals surface area contributed by atoms with Crippen molar-refractivity contribution >= 4 is 0 Å². The first kappa shape index (κ1) is 14.4. The number of likely N-dealkylation sites (N-methyl/N-ethyl adjacent to an activating group) is 1. The van der Waals surface area contributed by atoms with E-state index in [0.29, 0.717) is 6.54 Å². The molecule has 1 aliphatic heterocycles. The molecule has 1 aromatic rings. The van der Waals surface area contributed by atoms with Gasteiger partial charge < -0.3 is 10.5 Å². The van der Waals surface area contributed by atoms with Gasteiger partial charge in [-0.25, -0.2) is 0 Å². The molecule has 0 amide bonds. The van der Waals surface area contributed by atoms with Crippen molar-refractivity contribution in [1.29, 1.82) is 0 Å². The van der Waals surface area contributed by atoms with E-state index < -0.39 is 0 Å². The molecule has 1 fully saturated rings. The van der Waals surface area contributed by atoms with Gasteiger partial charge in [-0.05, 0) is 45.9 Å². The zero-order valence-corrected chi connectivity index (χ0v) is 12.2. The lowest BCUT2D eigenvalue weighted by Gasteiger charge is -2.49. The third kappa shape index (κ3) is 3.32. The lowest BCUT2D eigenvalue weighted by molar-refractivity contribution is -0.115. The van der Waals surface area contributed by atoms with Gasteiger partial charge in [-0.2, -0.15) is 0 Å². The molecule has 1 atom stereocenters. The van der Waals surface area contributed by atoms with Crippen LogP contribution in [0, 0.1) is 0 Å². The number of nitrogens with two attached hydrogens (primary N) is 1. The van der Waals surface area contributed by atoms with E-state index >= 15 is 0 Å². The topological polar surface area (TPSA) is 51.4 Å². The van der Waals surface area contributed by atoms with Gasteiger partial charge in [0.05, 0.1) is 11.3 Å². The van der Waals surface area contributed by atoms with Crippen LogP contribution in [-0.4, -0.2) is 41.2 Å². The number of aromatic nitrogens is 1. The van der Waals surface area contributed by atoms with E-state index in [2.05, 4.69) is 36.8 Å². The van der Waals surface area contributed by atoms with Crippen LogP contribution in [0.15, 0.2) is 24.4 Å². The minimum absolute atomic E-state index is 0.0132. The summed E-state index contributed by atoms with van der Waals surface area (Å²) in [4.78, 5) is 6.75. The highest BCUT2D eigenvalue weighted by atomic mass is 16.5. The van der Waals surface area contributed by atoms with Crippen LogP contribution in [0.1, 0.15) is 32.4 Å². The zero-order chi connectivity index (χ0) is 13.9. The van der Waals surface area contributed by atoms with E-state index in [-0.39, 0.29) is 11.1 Å². The maximum atomic E-state index is 6.10. The fraction of sp³-hybridized carbons (Fsp3) is 0.667. The summed E-state index contributed by atoms with van der Waals surface area (Å²) < 4.78 is 5.82. The van der Waals surface area contributed by atoms with Crippen molar-refractivity contribution in [1.82, 2.24) is 9.88 Å². The maximum Gasteiger partial charge on any atom is 0.0644 e. The Labute approximate surface area is 116 Å². The quantitative estimate of drug-likeness (QED) is 0.900. The van der Waals surface area contributed by atoms with Crippen LogP contribution in [0.3, 0.4) is 0 Å². The highest BCUT2D eigenvalue weighted by Crippen LogP contribution is 2.35. The van der Waals surface area contributed by atoms with Crippen LogP contribution in [-0.2, 0) is 11.3 Å². The standard InChI is InChI=1S/C15H25N3O/c1-14(2)11-15(12-16,7-9-19-14)18(3)10-13-6-4-5-8-17-13/h4-6,8H,7,9-12,16H2,1-3H3. The summed E-state index contributed by atoms with van der Waals surface area (Å²) in [7, 11) is 2.14. The van der Waals surface area contributed by atoms with Crippen molar-refractivity contribution in [2.75, 3.05) is 20.2 Å². The van der Waals surface area contributed by atoms with Gasteiger partial charge in [0.25, 0.3) is 0 Å². The van der Waals surface area contributed by atoms with Crippen molar-refractivity contribution in [3.05, 3.63) is 30.1 Å². The molecule has 1 saturated heterocycles. The summed E-state index contributed by atoms with van der Waals surface area (Å²) in [6.07, 6.45) is 3.78. The van der Waals surface area contributed by atoms with E-state index in [4.69, 9.17) is 10.5 Å². The monoisotopic (exact) mass is 263 g/mol. The first-order valence-electron chi connectivity index (χ1n) is 6.93. The first-order chi connectivity index (χ1) is 8.97. The second-order valence-electron chi connectivity index (χ2n) is 6.14. The van der Waals surface area contributed by atoms with E-state index in [1.165, 1.54) is 0 Å². The molecule has 0 aliphatic carbocycles. The highest BCUT2D eigenvalue weighted by Gasteiger charge is 2.42. The van der Waals surface area contributed by atoms with Crippen LogP contribution in [0.2, 0.25) is 0 Å². The molecule has 1 aliphatic rings. The predicted octanol–water partition coefficient (Wildman–Crippen LogP) is 1.80. The molecular weight excluding hydrogens is 238 g/mol. The van der Waals surface area contributed by atoms with Gasteiger partial charge in [0.1, 0.15) is 0 Å². The summed E-state index contributed by atoms with van der Waals surface area (Å²) >= 11 is 0. The molecule has 0 bridgehead atoms. The molecule has 0 aromatic carbocycles. The second kappa shape index (κ2) is 5.57. The summed E-state index contributed by atoms with van der Waals surface area (Å²) in [5.74, 6) is 0. The lowest BCUT2D eigenvalue weighted by Crippen LogP contribution is -2.59. The first-order valence-corrected chi connectivity index (χ1v) is 6.93. The van der Waals surface area contributed by atoms with Crippen LogP contribution >= 0.6 is 0 Å². The van der Waals surface area contributed by atoms with Crippen molar-refractivity contribution < 1.29 is 4.74 Å². The number of hydrogen-bond acceptors (Lipinski definition) is 4. The van der Waals surface area contributed by atoms with E-state index in [1.807, 2.05) is 18.3 Å². The van der Waals surface area contributed by atoms with Gasteiger partial charge in [-0.1, -0.05) is 6.07 Å². The Morgan fingerprint density at radius 3 is 2.79 bits per heavy atom. The number of nitrogens with zero attached hydrogens (tertiary/aromatic N) is 2. The molecule has 1 unspecified atom stereocenters. The number of ether oxygens (including phenoxy) is 1. The molecule has 19 heavy (non-hydrogen) atoms. The highest BCUT2D eigenvalue weighted by molar-refractivity contribution is 5.06. The molecule has 4 heteroatoms. The van der Waals surface area contributed by atoms with Crippen molar-refractivity contribution in [2.45, 2.75) is 44.4 Å². The lowest BCUT2D eigenvalue weighted by atomic mass is 9.80. The second-order valence-corrected chi connectivity index (χ2v) is 6.14.